The maximum atomic E-state index is 12.5. The van der Waals surface area contributed by atoms with Crippen LogP contribution in [0.2, 0.25) is 0 Å². The molecule has 3 aromatic rings. The molecule has 0 amide bonds. The van der Waals surface area contributed by atoms with Crippen LogP contribution < -0.4 is 0 Å². The number of hydrogen-bond donors (Lipinski definition) is 0. The van der Waals surface area contributed by atoms with Crippen LogP contribution in [0.1, 0.15) is 108 Å². The molecular weight excluding hydrogens is 720 g/mol. The standard InChI is InChI=1S/C40H46O15/c1-5-9-28-12-18-31(19-13-28)34(41)50-53-37(44)47-25-40(24-8-4,26-48-38(45)54-51-35(42)32-20-14-29(10-6-2)15-21-32)27-49-39(46)55-52-36(43)33-22-16-30(11-7-3)17-23-33/h12-23H,5-11,24-27H2,1-4H3. The van der Waals surface area contributed by atoms with Crippen LogP contribution in [0.15, 0.2) is 72.8 Å². The van der Waals surface area contributed by atoms with Gasteiger partial charge in [-0.1, -0.05) is 89.8 Å². The summed E-state index contributed by atoms with van der Waals surface area (Å²) in [7, 11) is 0. The molecule has 0 N–H and O–H groups in total. The molecule has 3 aromatic carbocycles. The fraction of sp³-hybridized carbons (Fsp3) is 0.400. The van der Waals surface area contributed by atoms with Crippen molar-refractivity contribution in [2.45, 2.75) is 79.1 Å². The van der Waals surface area contributed by atoms with Crippen LogP contribution in [0.25, 0.3) is 0 Å². The Hall–Kier alpha value is -6.12. The van der Waals surface area contributed by atoms with Gasteiger partial charge in [0, 0.05) is 0 Å². The molecule has 0 saturated carbocycles. The molecule has 3 rings (SSSR count). The van der Waals surface area contributed by atoms with E-state index in [0.717, 1.165) is 55.2 Å². The molecule has 0 fully saturated rings. The van der Waals surface area contributed by atoms with E-state index in [1.54, 1.807) is 43.3 Å². The maximum absolute atomic E-state index is 12.5. The predicted molar refractivity (Wildman–Crippen MR) is 192 cm³/mol. The molecule has 15 nitrogen and oxygen atoms in total. The third kappa shape index (κ3) is 15.0. The summed E-state index contributed by atoms with van der Waals surface area (Å²) in [6, 6.07) is 19.5. The van der Waals surface area contributed by atoms with E-state index in [0.29, 0.717) is 6.42 Å². The number of carbonyl (C=O) groups excluding carboxylic acids is 6. The summed E-state index contributed by atoms with van der Waals surface area (Å²) in [4.78, 5) is 102. The van der Waals surface area contributed by atoms with Crippen molar-refractivity contribution in [3.05, 3.63) is 106 Å². The predicted octanol–water partition coefficient (Wildman–Crippen LogP) is 8.41. The van der Waals surface area contributed by atoms with Crippen molar-refractivity contribution in [2.24, 2.45) is 5.41 Å². The van der Waals surface area contributed by atoms with Gasteiger partial charge in [0.1, 0.15) is 19.8 Å². The van der Waals surface area contributed by atoms with Crippen LogP contribution in [0.5, 0.6) is 0 Å². The second-order valence-corrected chi connectivity index (χ2v) is 12.6. The molecular formula is C40H46O15. The van der Waals surface area contributed by atoms with Crippen molar-refractivity contribution in [3.63, 3.8) is 0 Å². The molecule has 0 unspecified atom stereocenters. The second-order valence-electron chi connectivity index (χ2n) is 12.6. The fourth-order valence-corrected chi connectivity index (χ4v) is 5.23. The minimum Gasteiger partial charge on any atom is -0.431 e. The number of carbonyl (C=O) groups is 6. The summed E-state index contributed by atoms with van der Waals surface area (Å²) in [5, 5.41) is 0. The molecule has 0 radical (unpaired) electrons. The Morgan fingerprint density at radius 2 is 0.673 bits per heavy atom. The van der Waals surface area contributed by atoms with Gasteiger partial charge in [-0.2, -0.15) is 14.4 Å². The lowest BCUT2D eigenvalue weighted by Gasteiger charge is -2.30. The van der Waals surface area contributed by atoms with Crippen molar-refractivity contribution >= 4 is 36.4 Å². The number of rotatable bonds is 17. The first-order valence-corrected chi connectivity index (χ1v) is 17.9. The highest BCUT2D eigenvalue weighted by atomic mass is 17.2. The Kier molecular flexibility index (Phi) is 18.0. The number of hydrogen-bond acceptors (Lipinski definition) is 15. The summed E-state index contributed by atoms with van der Waals surface area (Å²) in [5.41, 5.74) is 1.89. The first-order valence-electron chi connectivity index (χ1n) is 17.9. The van der Waals surface area contributed by atoms with E-state index in [1.165, 1.54) is 36.4 Å². The Balaban J connectivity index is 1.62. The highest BCUT2D eigenvalue weighted by molar-refractivity contribution is 5.90. The van der Waals surface area contributed by atoms with Crippen LogP contribution in [-0.4, -0.2) is 56.2 Å². The molecule has 0 aliphatic rings. The minimum absolute atomic E-state index is 0.0819. The van der Waals surface area contributed by atoms with E-state index >= 15 is 0 Å². The minimum atomic E-state index is -1.50. The molecule has 0 aromatic heterocycles. The fourth-order valence-electron chi connectivity index (χ4n) is 5.23. The lowest BCUT2D eigenvalue weighted by atomic mass is 9.86. The van der Waals surface area contributed by atoms with E-state index in [4.69, 9.17) is 14.2 Å². The zero-order chi connectivity index (χ0) is 40.1. The lowest BCUT2D eigenvalue weighted by Crippen LogP contribution is -2.40. The van der Waals surface area contributed by atoms with Crippen LogP contribution >= 0.6 is 0 Å². The summed E-state index contributed by atoms with van der Waals surface area (Å²) in [6.07, 6.45) is 1.31. The number of aryl methyl sites for hydroxylation is 3. The van der Waals surface area contributed by atoms with Crippen molar-refractivity contribution in [1.29, 1.82) is 0 Å². The number of ether oxygens (including phenoxy) is 3. The first-order chi connectivity index (χ1) is 26.5. The van der Waals surface area contributed by atoms with Gasteiger partial charge in [0.05, 0.1) is 22.1 Å². The quantitative estimate of drug-likeness (QED) is 0.0551. The van der Waals surface area contributed by atoms with Gasteiger partial charge in [0.15, 0.2) is 0 Å². The largest absolute Gasteiger partial charge is 0.549 e. The average Bonchev–Trinajstić information content (AvgIpc) is 3.19. The Morgan fingerprint density at radius 1 is 0.400 bits per heavy atom. The Morgan fingerprint density at radius 3 is 0.909 bits per heavy atom. The zero-order valence-electron chi connectivity index (χ0n) is 31.3. The van der Waals surface area contributed by atoms with E-state index in [-0.39, 0.29) is 23.1 Å². The molecule has 0 heterocycles. The zero-order valence-corrected chi connectivity index (χ0v) is 31.3. The summed E-state index contributed by atoms with van der Waals surface area (Å²) in [6.45, 7) is 5.91. The average molecular weight is 767 g/mol. The third-order valence-electron chi connectivity index (χ3n) is 8.01. The molecule has 0 spiro atoms. The van der Waals surface area contributed by atoms with Crippen LogP contribution in [0.3, 0.4) is 0 Å². The van der Waals surface area contributed by atoms with Crippen LogP contribution in [0, 0.1) is 5.41 Å². The van der Waals surface area contributed by atoms with Gasteiger partial charge in [0.25, 0.3) is 0 Å². The van der Waals surface area contributed by atoms with E-state index in [2.05, 4.69) is 29.3 Å². The normalized spacial score (nSPS) is 10.7. The van der Waals surface area contributed by atoms with Crippen LogP contribution in [0.4, 0.5) is 14.4 Å². The van der Waals surface area contributed by atoms with E-state index in [1.807, 2.05) is 20.8 Å². The SMILES string of the molecule is CCCc1ccc(C(=O)OOC(=O)OCC(CCC)(COC(=O)OOC(=O)c2ccc(CCC)cc2)COC(=O)OOC(=O)c2ccc(CCC)cc2)cc1. The van der Waals surface area contributed by atoms with Crippen molar-refractivity contribution in [3.8, 4) is 0 Å². The smallest absolute Gasteiger partial charge is 0.431 e. The lowest BCUT2D eigenvalue weighted by molar-refractivity contribution is -0.217. The summed E-state index contributed by atoms with van der Waals surface area (Å²) < 4.78 is 15.5. The summed E-state index contributed by atoms with van der Waals surface area (Å²) in [5.74, 6) is -2.89. The van der Waals surface area contributed by atoms with Gasteiger partial charge in [-0.05, 0) is 78.8 Å². The molecule has 0 aliphatic carbocycles. The van der Waals surface area contributed by atoms with E-state index < -0.39 is 61.6 Å². The van der Waals surface area contributed by atoms with E-state index in [9.17, 15) is 28.8 Å². The monoisotopic (exact) mass is 766 g/mol. The van der Waals surface area contributed by atoms with Crippen LogP contribution in [-0.2, 0) is 62.8 Å². The maximum Gasteiger partial charge on any atom is 0.549 e. The molecule has 55 heavy (non-hydrogen) atoms. The Labute approximate surface area is 318 Å². The van der Waals surface area contributed by atoms with Gasteiger partial charge in [0.2, 0.25) is 0 Å². The van der Waals surface area contributed by atoms with Crippen molar-refractivity contribution in [2.75, 3.05) is 19.8 Å². The van der Waals surface area contributed by atoms with Gasteiger partial charge < -0.3 is 14.2 Å². The third-order valence-corrected chi connectivity index (χ3v) is 8.01. The van der Waals surface area contributed by atoms with Gasteiger partial charge >= 0.3 is 36.4 Å². The second kappa shape index (κ2) is 22.8. The highest BCUT2D eigenvalue weighted by Gasteiger charge is 2.37. The molecule has 296 valence electrons. The molecule has 0 saturated heterocycles. The number of benzene rings is 3. The Bertz CT molecular complexity index is 1500. The van der Waals surface area contributed by atoms with Gasteiger partial charge in [-0.15, -0.1) is 0 Å². The van der Waals surface area contributed by atoms with Gasteiger partial charge in [-0.25, -0.2) is 43.7 Å². The van der Waals surface area contributed by atoms with Gasteiger partial charge in [-0.3, -0.25) is 0 Å². The highest BCUT2D eigenvalue weighted by Crippen LogP contribution is 2.27. The molecule has 0 bridgehead atoms. The summed E-state index contributed by atoms with van der Waals surface area (Å²) >= 11 is 0. The molecule has 15 heteroatoms. The molecule has 0 aliphatic heterocycles. The first kappa shape index (κ1) is 43.3. The van der Waals surface area contributed by atoms with Crippen molar-refractivity contribution < 1.29 is 72.3 Å². The van der Waals surface area contributed by atoms with Crippen molar-refractivity contribution in [1.82, 2.24) is 0 Å². The molecule has 0 atom stereocenters. The topological polar surface area (TPSA) is 185 Å².